The minimum atomic E-state index is -3.61. The van der Waals surface area contributed by atoms with Crippen molar-refractivity contribution in [3.63, 3.8) is 0 Å². The van der Waals surface area contributed by atoms with E-state index in [-0.39, 0.29) is 13.2 Å². The third-order valence-electron chi connectivity index (χ3n) is 2.13. The van der Waals surface area contributed by atoms with E-state index in [0.717, 1.165) is 10.1 Å². The molecule has 0 amide bonds. The number of nitrogens with one attached hydrogen (secondary N) is 2. The van der Waals surface area contributed by atoms with Crippen molar-refractivity contribution in [2.75, 3.05) is 17.9 Å². The van der Waals surface area contributed by atoms with Gasteiger partial charge in [0, 0.05) is 22.0 Å². The lowest BCUT2D eigenvalue weighted by atomic mass is 10.2. The van der Waals surface area contributed by atoms with Crippen LogP contribution in [0.2, 0.25) is 0 Å². The Labute approximate surface area is 103 Å². The first kappa shape index (κ1) is 12.3. The predicted molar refractivity (Wildman–Crippen MR) is 69.5 cm³/mol. The number of anilines is 1. The average molecular weight is 272 g/mol. The molecule has 2 rings (SSSR count). The Hall–Kier alpha value is -1.15. The first-order valence-electron chi connectivity index (χ1n) is 4.97. The lowest BCUT2D eigenvalue weighted by Crippen LogP contribution is -2.32. The molecule has 0 saturated heterocycles. The van der Waals surface area contributed by atoms with Crippen molar-refractivity contribution < 1.29 is 13.5 Å². The maximum Gasteiger partial charge on any atom is 0.299 e. The predicted octanol–water partition coefficient (Wildman–Crippen LogP) is 1.14. The van der Waals surface area contributed by atoms with Gasteiger partial charge in [-0.2, -0.15) is 13.1 Å². The zero-order valence-electron chi connectivity index (χ0n) is 8.88. The van der Waals surface area contributed by atoms with Gasteiger partial charge in [0.15, 0.2) is 0 Å². The smallest absolute Gasteiger partial charge is 0.299 e. The third-order valence-corrected chi connectivity index (χ3v) is 4.17. The summed E-state index contributed by atoms with van der Waals surface area (Å²) < 4.78 is 28.8. The number of hydrogen-bond donors (Lipinski definition) is 3. The molecule has 0 aliphatic heterocycles. The van der Waals surface area contributed by atoms with Crippen LogP contribution in [0, 0.1) is 0 Å². The highest BCUT2D eigenvalue weighted by Crippen LogP contribution is 2.30. The number of thiophene rings is 1. The molecule has 92 valence electrons. The number of rotatable bonds is 5. The molecule has 0 fully saturated rings. The van der Waals surface area contributed by atoms with Gasteiger partial charge in [0.2, 0.25) is 0 Å². The van der Waals surface area contributed by atoms with Crippen molar-refractivity contribution in [1.82, 2.24) is 4.72 Å². The molecule has 0 aliphatic carbocycles. The lowest BCUT2D eigenvalue weighted by Gasteiger charge is -2.07. The molecule has 1 aromatic carbocycles. The van der Waals surface area contributed by atoms with Crippen molar-refractivity contribution in [2.45, 2.75) is 0 Å². The molecule has 0 aliphatic rings. The molecular weight excluding hydrogens is 260 g/mol. The highest BCUT2D eigenvalue weighted by molar-refractivity contribution is 7.90. The average Bonchev–Trinajstić information content (AvgIpc) is 2.70. The van der Waals surface area contributed by atoms with Gasteiger partial charge < -0.3 is 5.11 Å². The van der Waals surface area contributed by atoms with Crippen LogP contribution in [0.25, 0.3) is 10.1 Å². The van der Waals surface area contributed by atoms with E-state index in [1.54, 1.807) is 5.38 Å². The zero-order valence-corrected chi connectivity index (χ0v) is 10.5. The molecule has 5 nitrogen and oxygen atoms in total. The molecule has 7 heteroatoms. The maximum atomic E-state index is 11.6. The van der Waals surface area contributed by atoms with E-state index < -0.39 is 10.2 Å². The van der Waals surface area contributed by atoms with Crippen LogP contribution in [0.3, 0.4) is 0 Å². The van der Waals surface area contributed by atoms with Crippen LogP contribution in [0.4, 0.5) is 5.69 Å². The summed E-state index contributed by atoms with van der Waals surface area (Å²) in [6, 6.07) is 7.55. The largest absolute Gasteiger partial charge is 0.395 e. The summed E-state index contributed by atoms with van der Waals surface area (Å²) >= 11 is 1.47. The van der Waals surface area contributed by atoms with Crippen LogP contribution in [0.1, 0.15) is 0 Å². The van der Waals surface area contributed by atoms with Gasteiger partial charge in [-0.05, 0) is 6.07 Å². The van der Waals surface area contributed by atoms with Gasteiger partial charge in [-0.1, -0.05) is 18.2 Å². The zero-order chi connectivity index (χ0) is 12.3. The molecule has 3 N–H and O–H groups in total. The Kier molecular flexibility index (Phi) is 3.63. The van der Waals surface area contributed by atoms with Crippen LogP contribution in [-0.2, 0) is 10.2 Å². The van der Waals surface area contributed by atoms with Crippen LogP contribution >= 0.6 is 11.3 Å². The third kappa shape index (κ3) is 2.95. The number of benzene rings is 1. The molecule has 1 heterocycles. The number of fused-ring (bicyclic) bond motifs is 1. The Balaban J connectivity index is 2.24. The monoisotopic (exact) mass is 272 g/mol. The van der Waals surface area contributed by atoms with E-state index in [1.807, 2.05) is 24.3 Å². The molecule has 1 aromatic heterocycles. The van der Waals surface area contributed by atoms with Gasteiger partial charge >= 0.3 is 0 Å². The minimum Gasteiger partial charge on any atom is -0.395 e. The Morgan fingerprint density at radius 2 is 2.06 bits per heavy atom. The molecule has 0 bridgehead atoms. The van der Waals surface area contributed by atoms with E-state index in [0.29, 0.717) is 5.69 Å². The molecular formula is C10H12N2O3S2. The highest BCUT2D eigenvalue weighted by atomic mass is 32.2. The second-order valence-electron chi connectivity index (χ2n) is 3.37. The van der Waals surface area contributed by atoms with Crippen molar-refractivity contribution in [3.8, 4) is 0 Å². The summed E-state index contributed by atoms with van der Waals surface area (Å²) in [6.07, 6.45) is 0. The van der Waals surface area contributed by atoms with Gasteiger partial charge in [-0.3, -0.25) is 4.72 Å². The Bertz CT molecular complexity index is 607. The van der Waals surface area contributed by atoms with E-state index in [1.165, 1.54) is 11.3 Å². The summed E-state index contributed by atoms with van der Waals surface area (Å²) in [6.45, 7) is -0.233. The van der Waals surface area contributed by atoms with E-state index in [9.17, 15) is 8.42 Å². The fourth-order valence-electron chi connectivity index (χ4n) is 1.42. The van der Waals surface area contributed by atoms with Gasteiger partial charge in [0.1, 0.15) is 0 Å². The quantitative estimate of drug-likeness (QED) is 0.763. The number of aliphatic hydroxyl groups excluding tert-OH is 1. The summed E-state index contributed by atoms with van der Waals surface area (Å²) in [5.74, 6) is 0. The Morgan fingerprint density at radius 1 is 1.29 bits per heavy atom. The number of hydrogen-bond acceptors (Lipinski definition) is 4. The minimum absolute atomic E-state index is 0.00258. The van der Waals surface area contributed by atoms with Crippen molar-refractivity contribution >= 4 is 37.3 Å². The van der Waals surface area contributed by atoms with E-state index >= 15 is 0 Å². The van der Waals surface area contributed by atoms with Gasteiger partial charge in [0.05, 0.1) is 12.3 Å². The molecule has 0 spiro atoms. The summed E-state index contributed by atoms with van der Waals surface area (Å²) in [5, 5.41) is 11.2. The van der Waals surface area contributed by atoms with E-state index in [4.69, 9.17) is 5.11 Å². The molecule has 17 heavy (non-hydrogen) atoms. The SMILES string of the molecule is O=S(=O)(NCCO)Nc1csc2ccccc12. The van der Waals surface area contributed by atoms with Crippen LogP contribution in [0.5, 0.6) is 0 Å². The van der Waals surface area contributed by atoms with Crippen LogP contribution in [-0.4, -0.2) is 26.7 Å². The van der Waals surface area contributed by atoms with Gasteiger partial charge in [-0.15, -0.1) is 11.3 Å². The standard InChI is InChI=1S/C10H12N2O3S2/c13-6-5-11-17(14,15)12-9-7-16-10-4-2-1-3-8(9)10/h1-4,7,11-13H,5-6H2. The molecule has 0 saturated carbocycles. The summed E-state index contributed by atoms with van der Waals surface area (Å²) in [5.41, 5.74) is 0.552. The second kappa shape index (κ2) is 5.01. The summed E-state index contributed by atoms with van der Waals surface area (Å²) in [7, 11) is -3.61. The van der Waals surface area contributed by atoms with E-state index in [2.05, 4.69) is 9.44 Å². The second-order valence-corrected chi connectivity index (χ2v) is 5.78. The fourth-order valence-corrected chi connectivity index (χ4v) is 3.28. The molecule has 2 aromatic rings. The Morgan fingerprint density at radius 3 is 2.82 bits per heavy atom. The first-order chi connectivity index (χ1) is 8.12. The highest BCUT2D eigenvalue weighted by Gasteiger charge is 2.11. The van der Waals surface area contributed by atoms with Crippen molar-refractivity contribution in [1.29, 1.82) is 0 Å². The van der Waals surface area contributed by atoms with Crippen molar-refractivity contribution in [3.05, 3.63) is 29.6 Å². The van der Waals surface area contributed by atoms with Gasteiger partial charge in [0.25, 0.3) is 10.2 Å². The van der Waals surface area contributed by atoms with Crippen LogP contribution in [0.15, 0.2) is 29.6 Å². The molecule has 0 radical (unpaired) electrons. The normalized spacial score (nSPS) is 11.8. The summed E-state index contributed by atoms with van der Waals surface area (Å²) in [4.78, 5) is 0. The topological polar surface area (TPSA) is 78.4 Å². The van der Waals surface area contributed by atoms with Gasteiger partial charge in [-0.25, -0.2) is 0 Å². The fraction of sp³-hybridized carbons (Fsp3) is 0.200. The number of aliphatic hydroxyl groups is 1. The first-order valence-corrected chi connectivity index (χ1v) is 7.33. The lowest BCUT2D eigenvalue weighted by molar-refractivity contribution is 0.301. The molecule has 0 atom stereocenters. The van der Waals surface area contributed by atoms with Crippen LogP contribution < -0.4 is 9.44 Å². The van der Waals surface area contributed by atoms with Crippen molar-refractivity contribution in [2.24, 2.45) is 0 Å². The maximum absolute atomic E-state index is 11.6. The molecule has 0 unspecified atom stereocenters.